The first-order chi connectivity index (χ1) is 14.4. The molecule has 3 aromatic rings. The smallest absolute Gasteiger partial charge is 0.338 e. The highest BCUT2D eigenvalue weighted by Gasteiger charge is 2.12. The maximum absolute atomic E-state index is 13.5. The van der Waals surface area contributed by atoms with Crippen molar-refractivity contribution in [3.63, 3.8) is 0 Å². The molecule has 0 unspecified atom stereocenters. The van der Waals surface area contributed by atoms with Gasteiger partial charge in [0.05, 0.1) is 11.7 Å². The van der Waals surface area contributed by atoms with Crippen molar-refractivity contribution in [3.05, 3.63) is 94.3 Å². The zero-order valence-corrected chi connectivity index (χ0v) is 16.8. The van der Waals surface area contributed by atoms with E-state index in [1.807, 2.05) is 24.3 Å². The van der Waals surface area contributed by atoms with Crippen molar-refractivity contribution < 1.29 is 24.1 Å². The lowest BCUT2D eigenvalue weighted by molar-refractivity contribution is 0.0691. The Hall–Kier alpha value is -2.93. The first kappa shape index (κ1) is 21.8. The Balaban J connectivity index is 1.53. The zero-order chi connectivity index (χ0) is 21.5. The fourth-order valence-corrected chi connectivity index (χ4v) is 3.13. The van der Waals surface area contributed by atoms with Crippen LogP contribution in [-0.2, 0) is 6.42 Å². The molecule has 5 nitrogen and oxygen atoms in total. The minimum absolute atomic E-state index is 0.244. The van der Waals surface area contributed by atoms with Gasteiger partial charge in [0, 0.05) is 11.6 Å². The summed E-state index contributed by atoms with van der Waals surface area (Å²) in [6, 6.07) is 18.1. The van der Waals surface area contributed by atoms with Gasteiger partial charge in [0.15, 0.2) is 0 Å². The van der Waals surface area contributed by atoms with Crippen molar-refractivity contribution in [2.24, 2.45) is 0 Å². The van der Waals surface area contributed by atoms with Crippen LogP contribution >= 0.6 is 11.6 Å². The third-order valence-corrected chi connectivity index (χ3v) is 4.70. The Kier molecular flexibility index (Phi) is 7.41. The van der Waals surface area contributed by atoms with Gasteiger partial charge < -0.3 is 20.3 Å². The highest BCUT2D eigenvalue weighted by Crippen LogP contribution is 2.25. The Morgan fingerprint density at radius 1 is 1.07 bits per heavy atom. The van der Waals surface area contributed by atoms with Gasteiger partial charge in [-0.25, -0.2) is 9.18 Å². The molecule has 0 amide bonds. The lowest BCUT2D eigenvalue weighted by Gasteiger charge is -2.13. The van der Waals surface area contributed by atoms with E-state index < -0.39 is 23.5 Å². The molecule has 30 heavy (non-hydrogen) atoms. The molecule has 3 aromatic carbocycles. The van der Waals surface area contributed by atoms with Gasteiger partial charge in [-0.2, -0.15) is 0 Å². The molecule has 0 spiro atoms. The maximum atomic E-state index is 13.5. The lowest BCUT2D eigenvalue weighted by atomic mass is 10.1. The van der Waals surface area contributed by atoms with E-state index in [1.54, 1.807) is 24.3 Å². The largest absolute Gasteiger partial charge is 0.478 e. The standard InChI is InChI=1S/C23H21ClFNO4/c24-17-5-2-4-16(12-17)22(27)14-26-10-9-15-3-1-6-18(11-15)30-19-7-8-21(25)20(13-19)23(28)29/h1-8,11-13,22,26-27H,9-10,14H2,(H,28,29)/t22-/m0/s1. The van der Waals surface area contributed by atoms with Gasteiger partial charge in [-0.15, -0.1) is 0 Å². The molecule has 0 aliphatic rings. The van der Waals surface area contributed by atoms with Gasteiger partial charge in [0.2, 0.25) is 0 Å². The third kappa shape index (κ3) is 6.03. The first-order valence-corrected chi connectivity index (χ1v) is 9.74. The molecule has 156 valence electrons. The van der Waals surface area contributed by atoms with Crippen LogP contribution in [0.3, 0.4) is 0 Å². The zero-order valence-electron chi connectivity index (χ0n) is 16.0. The predicted molar refractivity (Wildman–Crippen MR) is 113 cm³/mol. The molecule has 0 aromatic heterocycles. The molecule has 3 rings (SSSR count). The lowest BCUT2D eigenvalue weighted by Crippen LogP contribution is -2.23. The summed E-state index contributed by atoms with van der Waals surface area (Å²) in [6.07, 6.45) is 0.0452. The fraction of sp³-hybridized carbons (Fsp3) is 0.174. The number of aliphatic hydroxyl groups is 1. The van der Waals surface area contributed by atoms with Crippen LogP contribution in [0.25, 0.3) is 0 Å². The average molecular weight is 430 g/mol. The number of hydrogen-bond donors (Lipinski definition) is 3. The Bertz CT molecular complexity index is 1030. The van der Waals surface area contributed by atoms with Crippen LogP contribution in [0.1, 0.15) is 27.6 Å². The summed E-state index contributed by atoms with van der Waals surface area (Å²) in [7, 11) is 0. The van der Waals surface area contributed by atoms with Crippen molar-refractivity contribution in [1.29, 1.82) is 0 Å². The van der Waals surface area contributed by atoms with E-state index in [4.69, 9.17) is 21.4 Å². The molecule has 0 heterocycles. The van der Waals surface area contributed by atoms with Crippen LogP contribution in [0.5, 0.6) is 11.5 Å². The van der Waals surface area contributed by atoms with Crippen molar-refractivity contribution >= 4 is 17.6 Å². The summed E-state index contributed by atoms with van der Waals surface area (Å²) < 4.78 is 19.2. The van der Waals surface area contributed by atoms with Gasteiger partial charge >= 0.3 is 5.97 Å². The molecule has 0 aliphatic carbocycles. The molecule has 0 saturated carbocycles. The normalized spacial score (nSPS) is 11.8. The molecular formula is C23H21ClFNO4. The SMILES string of the molecule is O=C(O)c1cc(Oc2cccc(CCNC[C@H](O)c3cccc(Cl)c3)c2)ccc1F. The summed E-state index contributed by atoms with van der Waals surface area (Å²) >= 11 is 5.94. The number of benzene rings is 3. The fourth-order valence-electron chi connectivity index (χ4n) is 2.94. The summed E-state index contributed by atoms with van der Waals surface area (Å²) in [6.45, 7) is 1.03. The maximum Gasteiger partial charge on any atom is 0.338 e. The molecule has 0 bridgehead atoms. The quantitative estimate of drug-likeness (QED) is 0.424. The number of halogens is 2. The highest BCUT2D eigenvalue weighted by atomic mass is 35.5. The van der Waals surface area contributed by atoms with E-state index in [9.17, 15) is 14.3 Å². The van der Waals surface area contributed by atoms with E-state index in [0.717, 1.165) is 23.3 Å². The number of aromatic carboxylic acids is 1. The molecule has 1 atom stereocenters. The van der Waals surface area contributed by atoms with Gasteiger partial charge in [-0.3, -0.25) is 0 Å². The highest BCUT2D eigenvalue weighted by molar-refractivity contribution is 6.30. The van der Waals surface area contributed by atoms with Gasteiger partial charge in [-0.1, -0.05) is 35.9 Å². The van der Waals surface area contributed by atoms with Gasteiger partial charge in [0.25, 0.3) is 0 Å². The summed E-state index contributed by atoms with van der Waals surface area (Å²) in [5.41, 5.74) is 1.31. The van der Waals surface area contributed by atoms with Crippen molar-refractivity contribution in [3.8, 4) is 11.5 Å². The topological polar surface area (TPSA) is 78.8 Å². The summed E-state index contributed by atoms with van der Waals surface area (Å²) in [5, 5.41) is 23.0. The van der Waals surface area contributed by atoms with Crippen LogP contribution in [-0.4, -0.2) is 29.3 Å². The molecule has 0 aliphatic heterocycles. The third-order valence-electron chi connectivity index (χ3n) is 4.46. The van der Waals surface area contributed by atoms with Crippen LogP contribution in [0, 0.1) is 5.82 Å². The number of nitrogens with one attached hydrogen (secondary N) is 1. The van der Waals surface area contributed by atoms with Crippen molar-refractivity contribution in [2.75, 3.05) is 13.1 Å². The van der Waals surface area contributed by atoms with Crippen LogP contribution in [0.2, 0.25) is 5.02 Å². The number of carbonyl (C=O) groups is 1. The molecular weight excluding hydrogens is 409 g/mol. The second-order valence-electron chi connectivity index (χ2n) is 6.72. The number of rotatable bonds is 9. The van der Waals surface area contributed by atoms with Crippen molar-refractivity contribution in [1.82, 2.24) is 5.32 Å². The predicted octanol–water partition coefficient (Wildman–Crippen LogP) is 4.84. The second kappa shape index (κ2) is 10.2. The minimum Gasteiger partial charge on any atom is -0.478 e. The Morgan fingerprint density at radius 2 is 1.83 bits per heavy atom. The summed E-state index contributed by atoms with van der Waals surface area (Å²) in [5.74, 6) is -1.39. The number of aliphatic hydroxyl groups excluding tert-OH is 1. The van der Waals surface area contributed by atoms with E-state index in [1.165, 1.54) is 6.07 Å². The molecule has 0 radical (unpaired) electrons. The molecule has 0 saturated heterocycles. The number of hydrogen-bond acceptors (Lipinski definition) is 4. The van der Waals surface area contributed by atoms with E-state index in [2.05, 4.69) is 5.32 Å². The first-order valence-electron chi connectivity index (χ1n) is 9.36. The second-order valence-corrected chi connectivity index (χ2v) is 7.16. The van der Waals surface area contributed by atoms with E-state index >= 15 is 0 Å². The molecule has 3 N–H and O–H groups in total. The molecule has 7 heteroatoms. The summed E-state index contributed by atoms with van der Waals surface area (Å²) in [4.78, 5) is 11.1. The molecule has 0 fully saturated rings. The number of ether oxygens (including phenoxy) is 1. The van der Waals surface area contributed by atoms with Crippen LogP contribution < -0.4 is 10.1 Å². The van der Waals surface area contributed by atoms with Gasteiger partial charge in [0.1, 0.15) is 17.3 Å². The average Bonchev–Trinajstić information content (AvgIpc) is 2.72. The van der Waals surface area contributed by atoms with E-state index in [-0.39, 0.29) is 5.75 Å². The Morgan fingerprint density at radius 3 is 2.60 bits per heavy atom. The van der Waals surface area contributed by atoms with Crippen molar-refractivity contribution in [2.45, 2.75) is 12.5 Å². The minimum atomic E-state index is -1.35. The van der Waals surface area contributed by atoms with Gasteiger partial charge in [-0.05, 0) is 66.6 Å². The Labute approximate surface area is 178 Å². The number of carboxylic acids is 1. The van der Waals surface area contributed by atoms with Crippen LogP contribution in [0.4, 0.5) is 4.39 Å². The van der Waals surface area contributed by atoms with Crippen LogP contribution in [0.15, 0.2) is 66.7 Å². The van der Waals surface area contributed by atoms with E-state index in [0.29, 0.717) is 30.3 Å². The monoisotopic (exact) mass is 429 g/mol. The number of carboxylic acid groups (broad SMARTS) is 1.